The van der Waals surface area contributed by atoms with Gasteiger partial charge in [0.05, 0.1) is 0 Å². The van der Waals surface area contributed by atoms with Crippen LogP contribution in [0.1, 0.15) is 23.5 Å². The zero-order chi connectivity index (χ0) is 15.1. The predicted molar refractivity (Wildman–Crippen MR) is 84.0 cm³/mol. The molecule has 2 aromatic carbocycles. The molecule has 0 saturated heterocycles. The van der Waals surface area contributed by atoms with Gasteiger partial charge in [-0.2, -0.15) is 0 Å². The lowest BCUT2D eigenvalue weighted by Crippen LogP contribution is -2.25. The molecule has 0 aliphatic carbocycles. The maximum atomic E-state index is 12.1. The van der Waals surface area contributed by atoms with Gasteiger partial charge in [0.25, 0.3) is 0 Å². The van der Waals surface area contributed by atoms with Crippen LogP contribution >= 0.6 is 11.6 Å². The van der Waals surface area contributed by atoms with Crippen molar-refractivity contribution in [2.45, 2.75) is 12.3 Å². The predicted octanol–water partition coefficient (Wildman–Crippen LogP) is 3.59. The van der Waals surface area contributed by atoms with E-state index in [4.69, 9.17) is 21.1 Å². The summed E-state index contributed by atoms with van der Waals surface area (Å²) in [5.41, 5.74) is 2.74. The molecule has 0 aromatic heterocycles. The van der Waals surface area contributed by atoms with Gasteiger partial charge in [0.1, 0.15) is 13.2 Å². The largest absolute Gasteiger partial charge is 0.486 e. The first-order valence-electron chi connectivity index (χ1n) is 7.20. The van der Waals surface area contributed by atoms with Crippen LogP contribution in [0.25, 0.3) is 0 Å². The van der Waals surface area contributed by atoms with E-state index in [0.717, 1.165) is 22.6 Å². The van der Waals surface area contributed by atoms with Crippen molar-refractivity contribution in [1.29, 1.82) is 0 Å². The minimum Gasteiger partial charge on any atom is -0.486 e. The van der Waals surface area contributed by atoms with E-state index < -0.39 is 0 Å². The lowest BCUT2D eigenvalue weighted by Gasteiger charge is -2.29. The zero-order valence-corrected chi connectivity index (χ0v) is 12.5. The lowest BCUT2D eigenvalue weighted by atomic mass is 9.84. The van der Waals surface area contributed by atoms with Crippen molar-refractivity contribution < 1.29 is 14.3 Å². The first-order chi connectivity index (χ1) is 10.7. The van der Waals surface area contributed by atoms with E-state index in [1.165, 1.54) is 0 Å². The van der Waals surface area contributed by atoms with Gasteiger partial charge in [-0.25, -0.2) is 0 Å². The number of carbonyl (C=O) groups excluding carboxylic acids is 1. The Hall–Kier alpha value is -2.20. The van der Waals surface area contributed by atoms with Crippen LogP contribution in [0.2, 0.25) is 5.02 Å². The third kappa shape index (κ3) is 2.20. The fourth-order valence-electron chi connectivity index (χ4n) is 3.03. The number of ether oxygens (including phenoxy) is 2. The van der Waals surface area contributed by atoms with Gasteiger partial charge in [-0.15, -0.1) is 0 Å². The maximum Gasteiger partial charge on any atom is 0.225 e. The Morgan fingerprint density at radius 3 is 2.55 bits per heavy atom. The second-order valence-corrected chi connectivity index (χ2v) is 5.82. The standard InChI is InChI=1S/C17H14ClNO3/c18-13-4-2-1-3-10(13)11-8-17(20)19-14-9-16-15(7-12(11)14)21-5-6-22-16/h1-4,7,9,11H,5-6,8H2,(H,19,20)/t11-/m0/s1. The molecule has 2 aliphatic heterocycles. The Bertz CT molecular complexity index is 760. The van der Waals surface area contributed by atoms with E-state index in [2.05, 4.69) is 5.32 Å². The summed E-state index contributed by atoms with van der Waals surface area (Å²) in [5.74, 6) is 1.30. The second-order valence-electron chi connectivity index (χ2n) is 5.41. The molecule has 2 heterocycles. The highest BCUT2D eigenvalue weighted by Gasteiger charge is 2.30. The quantitative estimate of drug-likeness (QED) is 0.875. The molecular weight excluding hydrogens is 302 g/mol. The van der Waals surface area contributed by atoms with Crippen LogP contribution in [0.15, 0.2) is 36.4 Å². The van der Waals surface area contributed by atoms with Crippen LogP contribution in [0.4, 0.5) is 5.69 Å². The Kier molecular flexibility index (Phi) is 3.19. The second kappa shape index (κ2) is 5.21. The van der Waals surface area contributed by atoms with E-state index in [9.17, 15) is 4.79 Å². The number of hydrogen-bond acceptors (Lipinski definition) is 3. The smallest absolute Gasteiger partial charge is 0.225 e. The lowest BCUT2D eigenvalue weighted by molar-refractivity contribution is -0.116. The number of rotatable bonds is 1. The van der Waals surface area contributed by atoms with E-state index in [-0.39, 0.29) is 11.8 Å². The molecule has 5 heteroatoms. The number of halogens is 1. The van der Waals surface area contributed by atoms with Crippen molar-refractivity contribution in [2.75, 3.05) is 18.5 Å². The van der Waals surface area contributed by atoms with E-state index in [1.807, 2.05) is 36.4 Å². The first-order valence-corrected chi connectivity index (χ1v) is 7.58. The molecule has 22 heavy (non-hydrogen) atoms. The van der Waals surface area contributed by atoms with Gasteiger partial charge in [-0.1, -0.05) is 29.8 Å². The number of fused-ring (bicyclic) bond motifs is 2. The van der Waals surface area contributed by atoms with E-state index in [1.54, 1.807) is 0 Å². The van der Waals surface area contributed by atoms with Crippen molar-refractivity contribution in [2.24, 2.45) is 0 Å². The molecule has 1 N–H and O–H groups in total. The summed E-state index contributed by atoms with van der Waals surface area (Å²) in [7, 11) is 0. The summed E-state index contributed by atoms with van der Waals surface area (Å²) in [6.07, 6.45) is 0.371. The van der Waals surface area contributed by atoms with Crippen molar-refractivity contribution >= 4 is 23.2 Å². The van der Waals surface area contributed by atoms with Crippen molar-refractivity contribution in [1.82, 2.24) is 0 Å². The average Bonchev–Trinajstić information content (AvgIpc) is 2.53. The fourth-order valence-corrected chi connectivity index (χ4v) is 3.30. The van der Waals surface area contributed by atoms with E-state index >= 15 is 0 Å². The summed E-state index contributed by atoms with van der Waals surface area (Å²) in [5, 5.41) is 3.58. The van der Waals surface area contributed by atoms with Gasteiger partial charge in [0, 0.05) is 29.1 Å². The molecule has 0 radical (unpaired) electrons. The minimum absolute atomic E-state index is 0.0194. The van der Waals surface area contributed by atoms with Gasteiger partial charge in [-0.3, -0.25) is 4.79 Å². The number of nitrogens with one attached hydrogen (secondary N) is 1. The Morgan fingerprint density at radius 1 is 1.05 bits per heavy atom. The van der Waals surface area contributed by atoms with Crippen LogP contribution in [-0.4, -0.2) is 19.1 Å². The van der Waals surface area contributed by atoms with Gasteiger partial charge in [0.2, 0.25) is 5.91 Å². The van der Waals surface area contributed by atoms with Crippen LogP contribution in [-0.2, 0) is 4.79 Å². The zero-order valence-electron chi connectivity index (χ0n) is 11.8. The van der Waals surface area contributed by atoms with Gasteiger partial charge < -0.3 is 14.8 Å². The number of carbonyl (C=O) groups is 1. The van der Waals surface area contributed by atoms with Crippen molar-refractivity contribution in [3.63, 3.8) is 0 Å². The summed E-state index contributed by atoms with van der Waals surface area (Å²) >= 11 is 6.33. The molecular formula is C17H14ClNO3. The average molecular weight is 316 g/mol. The van der Waals surface area contributed by atoms with Crippen LogP contribution in [0.3, 0.4) is 0 Å². The number of anilines is 1. The highest BCUT2D eigenvalue weighted by molar-refractivity contribution is 6.31. The number of benzene rings is 2. The van der Waals surface area contributed by atoms with Crippen LogP contribution in [0, 0.1) is 0 Å². The molecule has 4 nitrogen and oxygen atoms in total. The molecule has 4 rings (SSSR count). The van der Waals surface area contributed by atoms with Crippen molar-refractivity contribution in [3.05, 3.63) is 52.5 Å². The monoisotopic (exact) mass is 315 g/mol. The number of amides is 1. The normalized spacial score (nSPS) is 19.3. The van der Waals surface area contributed by atoms with Crippen LogP contribution in [0.5, 0.6) is 11.5 Å². The third-order valence-electron chi connectivity index (χ3n) is 4.03. The number of hydrogen-bond donors (Lipinski definition) is 1. The molecule has 1 amide bonds. The SMILES string of the molecule is O=C1C[C@@H](c2ccccc2Cl)c2cc3c(cc2N1)OCCO3. The third-order valence-corrected chi connectivity index (χ3v) is 4.38. The molecule has 0 unspecified atom stereocenters. The Morgan fingerprint density at radius 2 is 1.77 bits per heavy atom. The first kappa shape index (κ1) is 13.5. The summed E-state index contributed by atoms with van der Waals surface area (Å²) in [6.45, 7) is 1.06. The Balaban J connectivity index is 1.86. The molecule has 1 atom stereocenters. The van der Waals surface area contributed by atoms with E-state index in [0.29, 0.717) is 30.4 Å². The Labute approximate surface area is 133 Å². The summed E-state index contributed by atoms with van der Waals surface area (Å²) in [6, 6.07) is 11.4. The fraction of sp³-hybridized carbons (Fsp3) is 0.235. The molecule has 0 saturated carbocycles. The highest BCUT2D eigenvalue weighted by Crippen LogP contribution is 2.45. The van der Waals surface area contributed by atoms with Gasteiger partial charge in [-0.05, 0) is 23.3 Å². The minimum atomic E-state index is -0.0757. The maximum absolute atomic E-state index is 12.1. The molecule has 0 fully saturated rings. The molecule has 0 bridgehead atoms. The summed E-state index contributed by atoms with van der Waals surface area (Å²) < 4.78 is 11.2. The van der Waals surface area contributed by atoms with Crippen molar-refractivity contribution in [3.8, 4) is 11.5 Å². The molecule has 2 aliphatic rings. The molecule has 0 spiro atoms. The topological polar surface area (TPSA) is 47.6 Å². The highest BCUT2D eigenvalue weighted by atomic mass is 35.5. The molecule has 2 aromatic rings. The van der Waals surface area contributed by atoms with Gasteiger partial charge >= 0.3 is 0 Å². The van der Waals surface area contributed by atoms with Gasteiger partial charge in [0.15, 0.2) is 11.5 Å². The van der Waals surface area contributed by atoms with Crippen LogP contribution < -0.4 is 14.8 Å². The summed E-state index contributed by atoms with van der Waals surface area (Å²) in [4.78, 5) is 12.1. The molecule has 112 valence electrons.